The largest absolute Gasteiger partial charge is 0.493 e. The number of hydrogen-bond donors (Lipinski definition) is 1. The second-order valence-electron chi connectivity index (χ2n) is 5.08. The van der Waals surface area contributed by atoms with Gasteiger partial charge >= 0.3 is 0 Å². The number of ether oxygens (including phenoxy) is 2. The van der Waals surface area contributed by atoms with Crippen LogP contribution in [-0.4, -0.2) is 18.6 Å². The van der Waals surface area contributed by atoms with Crippen molar-refractivity contribution in [3.8, 4) is 11.5 Å². The van der Waals surface area contributed by atoms with Crippen molar-refractivity contribution in [2.75, 3.05) is 11.9 Å². The minimum atomic E-state index is -0.203. The van der Waals surface area contributed by atoms with Crippen LogP contribution in [0, 0.1) is 0 Å². The van der Waals surface area contributed by atoms with Crippen LogP contribution < -0.4 is 14.8 Å². The van der Waals surface area contributed by atoms with E-state index in [1.54, 1.807) is 18.2 Å². The maximum atomic E-state index is 12.4. The molecule has 0 unspecified atom stereocenters. The van der Waals surface area contributed by atoms with Crippen molar-refractivity contribution in [1.82, 2.24) is 0 Å². The first kappa shape index (κ1) is 15.9. The molecule has 0 radical (unpaired) electrons. The van der Waals surface area contributed by atoms with E-state index in [-0.39, 0.29) is 12.0 Å². The number of hydrogen-bond acceptors (Lipinski definition) is 3. The summed E-state index contributed by atoms with van der Waals surface area (Å²) in [6.45, 7) is 6.33. The van der Waals surface area contributed by atoms with Gasteiger partial charge in [0.05, 0.1) is 18.3 Å². The number of nitrogens with one attached hydrogen (secondary N) is 1. The molecule has 0 saturated carbocycles. The molecule has 2 aromatic rings. The molecule has 2 aromatic carbocycles. The van der Waals surface area contributed by atoms with Crippen LogP contribution in [0.2, 0.25) is 0 Å². The molecule has 0 aromatic heterocycles. The maximum absolute atomic E-state index is 12.4. The summed E-state index contributed by atoms with van der Waals surface area (Å²) < 4.78 is 11.1. The minimum Gasteiger partial charge on any atom is -0.493 e. The maximum Gasteiger partial charge on any atom is 0.259 e. The highest BCUT2D eigenvalue weighted by atomic mass is 16.5. The molecule has 0 aliphatic rings. The first-order valence-corrected chi connectivity index (χ1v) is 7.40. The van der Waals surface area contributed by atoms with Gasteiger partial charge in [-0.15, -0.1) is 0 Å². The molecule has 0 bridgehead atoms. The van der Waals surface area contributed by atoms with Crippen molar-refractivity contribution in [2.45, 2.75) is 26.9 Å². The fourth-order valence-electron chi connectivity index (χ4n) is 2.05. The molecule has 116 valence electrons. The summed E-state index contributed by atoms with van der Waals surface area (Å²) >= 11 is 0. The van der Waals surface area contributed by atoms with E-state index in [1.165, 1.54) is 0 Å². The smallest absolute Gasteiger partial charge is 0.259 e. The third-order valence-electron chi connectivity index (χ3n) is 2.90. The summed E-state index contributed by atoms with van der Waals surface area (Å²) in [6, 6.07) is 14.5. The van der Waals surface area contributed by atoms with Gasteiger partial charge in [-0.1, -0.05) is 18.2 Å². The lowest BCUT2D eigenvalue weighted by atomic mass is 10.2. The molecule has 0 atom stereocenters. The van der Waals surface area contributed by atoms with Gasteiger partial charge in [0.2, 0.25) is 0 Å². The number of carbonyl (C=O) groups is 1. The van der Waals surface area contributed by atoms with Crippen LogP contribution in [0.15, 0.2) is 48.5 Å². The molecule has 0 fully saturated rings. The monoisotopic (exact) mass is 299 g/mol. The molecule has 0 aliphatic heterocycles. The normalized spacial score (nSPS) is 10.4. The van der Waals surface area contributed by atoms with Gasteiger partial charge in [0.25, 0.3) is 5.91 Å². The van der Waals surface area contributed by atoms with E-state index >= 15 is 0 Å². The second kappa shape index (κ2) is 7.50. The second-order valence-corrected chi connectivity index (χ2v) is 5.08. The predicted octanol–water partition coefficient (Wildman–Crippen LogP) is 4.12. The Morgan fingerprint density at radius 3 is 2.64 bits per heavy atom. The van der Waals surface area contributed by atoms with Gasteiger partial charge in [-0.05, 0) is 45.0 Å². The van der Waals surface area contributed by atoms with Crippen molar-refractivity contribution in [3.05, 3.63) is 54.1 Å². The third kappa shape index (κ3) is 4.25. The third-order valence-corrected chi connectivity index (χ3v) is 2.90. The van der Waals surface area contributed by atoms with Gasteiger partial charge in [-0.25, -0.2) is 0 Å². The molecule has 0 saturated heterocycles. The summed E-state index contributed by atoms with van der Waals surface area (Å²) in [5, 5.41) is 2.87. The highest BCUT2D eigenvalue weighted by Crippen LogP contribution is 2.22. The zero-order valence-electron chi connectivity index (χ0n) is 13.1. The average molecular weight is 299 g/mol. The predicted molar refractivity (Wildman–Crippen MR) is 87.8 cm³/mol. The fraction of sp³-hybridized carbons (Fsp3) is 0.278. The van der Waals surface area contributed by atoms with Crippen molar-refractivity contribution in [2.24, 2.45) is 0 Å². The van der Waals surface area contributed by atoms with Crippen molar-refractivity contribution >= 4 is 11.6 Å². The zero-order chi connectivity index (χ0) is 15.9. The molecule has 0 heterocycles. The SMILES string of the molecule is CCOc1ccccc1C(=O)Nc1cccc(OC(C)C)c1. The Morgan fingerprint density at radius 1 is 1.14 bits per heavy atom. The lowest BCUT2D eigenvalue weighted by molar-refractivity contribution is 0.102. The fourth-order valence-corrected chi connectivity index (χ4v) is 2.05. The average Bonchev–Trinajstić information content (AvgIpc) is 2.47. The minimum absolute atomic E-state index is 0.0876. The molecule has 22 heavy (non-hydrogen) atoms. The molecular weight excluding hydrogens is 278 g/mol. The first-order valence-electron chi connectivity index (χ1n) is 7.40. The van der Waals surface area contributed by atoms with Crippen LogP contribution in [-0.2, 0) is 0 Å². The van der Waals surface area contributed by atoms with Crippen LogP contribution in [0.5, 0.6) is 11.5 Å². The van der Waals surface area contributed by atoms with Gasteiger partial charge in [0, 0.05) is 11.8 Å². The summed E-state index contributed by atoms with van der Waals surface area (Å²) in [5.41, 5.74) is 1.20. The molecule has 4 heteroatoms. The number of amides is 1. The van der Waals surface area contributed by atoms with Crippen LogP contribution >= 0.6 is 0 Å². The van der Waals surface area contributed by atoms with Crippen LogP contribution in [0.25, 0.3) is 0 Å². The van der Waals surface area contributed by atoms with E-state index in [1.807, 2.05) is 51.1 Å². The van der Waals surface area contributed by atoms with Gasteiger partial charge in [0.15, 0.2) is 0 Å². The number of para-hydroxylation sites is 1. The van der Waals surface area contributed by atoms with E-state index < -0.39 is 0 Å². The molecule has 0 spiro atoms. The number of carbonyl (C=O) groups excluding carboxylic acids is 1. The van der Waals surface area contributed by atoms with E-state index in [4.69, 9.17) is 9.47 Å². The summed E-state index contributed by atoms with van der Waals surface area (Å²) in [7, 11) is 0. The summed E-state index contributed by atoms with van der Waals surface area (Å²) in [5.74, 6) is 1.11. The van der Waals surface area contributed by atoms with E-state index in [2.05, 4.69) is 5.32 Å². The van der Waals surface area contributed by atoms with E-state index in [0.717, 1.165) is 5.75 Å². The molecular formula is C18H21NO3. The number of anilines is 1. The van der Waals surface area contributed by atoms with E-state index in [9.17, 15) is 4.79 Å². The number of rotatable bonds is 6. The summed E-state index contributed by atoms with van der Waals surface area (Å²) in [6.07, 6.45) is 0.0876. The Morgan fingerprint density at radius 2 is 1.91 bits per heavy atom. The van der Waals surface area contributed by atoms with Gasteiger partial charge in [-0.2, -0.15) is 0 Å². The Balaban J connectivity index is 2.15. The molecule has 4 nitrogen and oxygen atoms in total. The molecule has 2 rings (SSSR count). The highest BCUT2D eigenvalue weighted by molar-refractivity contribution is 6.06. The number of benzene rings is 2. The van der Waals surface area contributed by atoms with Crippen molar-refractivity contribution in [3.63, 3.8) is 0 Å². The molecule has 0 aliphatic carbocycles. The van der Waals surface area contributed by atoms with Crippen LogP contribution in [0.1, 0.15) is 31.1 Å². The Kier molecular flexibility index (Phi) is 5.42. The quantitative estimate of drug-likeness (QED) is 0.872. The lowest BCUT2D eigenvalue weighted by Crippen LogP contribution is -2.14. The van der Waals surface area contributed by atoms with E-state index in [0.29, 0.717) is 23.6 Å². The Bertz CT molecular complexity index is 638. The molecule has 1 N–H and O–H groups in total. The van der Waals surface area contributed by atoms with Gasteiger partial charge in [-0.3, -0.25) is 4.79 Å². The topological polar surface area (TPSA) is 47.6 Å². The van der Waals surface area contributed by atoms with Gasteiger partial charge < -0.3 is 14.8 Å². The Hall–Kier alpha value is -2.49. The van der Waals surface area contributed by atoms with Gasteiger partial charge in [0.1, 0.15) is 11.5 Å². The molecule has 1 amide bonds. The standard InChI is InChI=1S/C18H21NO3/c1-4-21-17-11-6-5-10-16(17)18(20)19-14-8-7-9-15(12-14)22-13(2)3/h5-13H,4H2,1-3H3,(H,19,20). The van der Waals surface area contributed by atoms with Crippen LogP contribution in [0.3, 0.4) is 0 Å². The van der Waals surface area contributed by atoms with Crippen molar-refractivity contribution < 1.29 is 14.3 Å². The zero-order valence-corrected chi connectivity index (χ0v) is 13.1. The highest BCUT2D eigenvalue weighted by Gasteiger charge is 2.12. The van der Waals surface area contributed by atoms with Crippen LogP contribution in [0.4, 0.5) is 5.69 Å². The first-order chi connectivity index (χ1) is 10.6. The Labute approximate surface area is 131 Å². The summed E-state index contributed by atoms with van der Waals surface area (Å²) in [4.78, 5) is 12.4. The van der Waals surface area contributed by atoms with Crippen molar-refractivity contribution in [1.29, 1.82) is 0 Å². The lowest BCUT2D eigenvalue weighted by Gasteiger charge is -2.13.